The summed E-state index contributed by atoms with van der Waals surface area (Å²) in [6, 6.07) is 5.43. The van der Waals surface area contributed by atoms with Gasteiger partial charge in [-0.3, -0.25) is 0 Å². The van der Waals surface area contributed by atoms with Gasteiger partial charge in [-0.15, -0.1) is 0 Å². The van der Waals surface area contributed by atoms with Gasteiger partial charge < -0.3 is 24.1 Å². The van der Waals surface area contributed by atoms with Crippen molar-refractivity contribution in [3.05, 3.63) is 40.2 Å². The van der Waals surface area contributed by atoms with Crippen LogP contribution in [0.15, 0.2) is 29.0 Å². The van der Waals surface area contributed by atoms with Crippen LogP contribution in [0.1, 0.15) is 29.9 Å². The summed E-state index contributed by atoms with van der Waals surface area (Å²) in [6.45, 7) is 3.93. The molecule has 0 fully saturated rings. The molecule has 0 N–H and O–H groups in total. The topological polar surface area (TPSA) is 85.6 Å². The fourth-order valence-electron chi connectivity index (χ4n) is 3.09. The second-order valence-electron chi connectivity index (χ2n) is 6.31. The molecule has 8 heteroatoms. The Labute approximate surface area is 159 Å². The number of benzene rings is 1. The third-order valence-corrected chi connectivity index (χ3v) is 4.85. The number of nitrogens with zero attached hydrogens (tertiary/aromatic N) is 2. The van der Waals surface area contributed by atoms with Gasteiger partial charge in [0.25, 0.3) is 0 Å². The molecule has 0 radical (unpaired) electrons. The average molecular weight is 385 g/mol. The van der Waals surface area contributed by atoms with Crippen LogP contribution in [0.3, 0.4) is 0 Å². The summed E-state index contributed by atoms with van der Waals surface area (Å²) in [7, 11) is 1.56. The predicted molar refractivity (Wildman–Crippen MR) is 97.9 cm³/mol. The van der Waals surface area contributed by atoms with E-state index in [0.29, 0.717) is 34.1 Å². The highest BCUT2D eigenvalue weighted by atomic mass is 32.1. The van der Waals surface area contributed by atoms with Crippen molar-refractivity contribution in [1.29, 1.82) is 0 Å². The van der Waals surface area contributed by atoms with Crippen molar-refractivity contribution in [2.75, 3.05) is 7.11 Å². The lowest BCUT2D eigenvalue weighted by atomic mass is 10.0. The lowest BCUT2D eigenvalue weighted by Crippen LogP contribution is -2.25. The number of aromatic nitrogens is 2. The standard InChI is InChI=1S/C19H18N2O5S/c1-10(2)26-16-6-12-14(7-15(16)24-3)25-8-13-17(19(22)23)20-21(18(12)13)11-4-5-27-9-11/h4-7,9-10H,8H2,1-3H3,(H,22,23)/p-1. The third kappa shape index (κ3) is 2.91. The highest BCUT2D eigenvalue weighted by Crippen LogP contribution is 2.46. The molecule has 7 nitrogen and oxygen atoms in total. The Morgan fingerprint density at radius 1 is 1.37 bits per heavy atom. The largest absolute Gasteiger partial charge is 0.543 e. The van der Waals surface area contributed by atoms with Crippen molar-refractivity contribution in [2.45, 2.75) is 26.6 Å². The van der Waals surface area contributed by atoms with E-state index in [1.807, 2.05) is 30.7 Å². The van der Waals surface area contributed by atoms with Gasteiger partial charge in [0.1, 0.15) is 18.1 Å². The lowest BCUT2D eigenvalue weighted by Gasteiger charge is -2.22. The van der Waals surface area contributed by atoms with Crippen LogP contribution >= 0.6 is 11.3 Å². The molecule has 1 aliphatic rings. The van der Waals surface area contributed by atoms with Crippen molar-refractivity contribution in [3.8, 4) is 34.2 Å². The highest BCUT2D eigenvalue weighted by Gasteiger charge is 2.29. The second-order valence-corrected chi connectivity index (χ2v) is 7.09. The molecule has 0 spiro atoms. The van der Waals surface area contributed by atoms with E-state index in [-0.39, 0.29) is 18.4 Å². The minimum Gasteiger partial charge on any atom is -0.543 e. The predicted octanol–water partition coefficient (Wildman–Crippen LogP) is 2.65. The minimum absolute atomic E-state index is 0.0542. The summed E-state index contributed by atoms with van der Waals surface area (Å²) in [6.07, 6.45) is -0.0542. The van der Waals surface area contributed by atoms with Gasteiger partial charge in [0.05, 0.1) is 30.6 Å². The van der Waals surface area contributed by atoms with Crippen LogP contribution in [-0.4, -0.2) is 29.0 Å². The Kier molecular flexibility index (Phi) is 4.27. The first kappa shape index (κ1) is 17.4. The van der Waals surface area contributed by atoms with E-state index in [9.17, 15) is 9.90 Å². The molecule has 2 aromatic heterocycles. The molecule has 0 aliphatic carbocycles. The number of carboxylic acid groups (broad SMARTS) is 1. The summed E-state index contributed by atoms with van der Waals surface area (Å²) in [4.78, 5) is 11.6. The first-order chi connectivity index (χ1) is 13.0. The van der Waals surface area contributed by atoms with E-state index < -0.39 is 5.97 Å². The van der Waals surface area contributed by atoms with Crippen molar-refractivity contribution >= 4 is 17.3 Å². The van der Waals surface area contributed by atoms with Gasteiger partial charge in [-0.05, 0) is 31.4 Å². The fraction of sp³-hybridized carbons (Fsp3) is 0.263. The molecule has 4 rings (SSSR count). The van der Waals surface area contributed by atoms with Gasteiger partial charge in [-0.2, -0.15) is 16.4 Å². The molecule has 0 bridgehead atoms. The summed E-state index contributed by atoms with van der Waals surface area (Å²) in [5, 5.41) is 19.7. The molecule has 3 aromatic rings. The van der Waals surface area contributed by atoms with Gasteiger partial charge in [0, 0.05) is 22.6 Å². The normalized spacial score (nSPS) is 12.3. The number of carboxylic acids is 1. The van der Waals surface area contributed by atoms with E-state index in [4.69, 9.17) is 14.2 Å². The fourth-order valence-corrected chi connectivity index (χ4v) is 3.71. The Morgan fingerprint density at radius 2 is 2.19 bits per heavy atom. The van der Waals surface area contributed by atoms with Gasteiger partial charge in [-0.1, -0.05) is 0 Å². The molecule has 0 saturated carbocycles. The first-order valence-electron chi connectivity index (χ1n) is 8.37. The van der Waals surface area contributed by atoms with E-state index in [2.05, 4.69) is 5.10 Å². The average Bonchev–Trinajstić information content (AvgIpc) is 3.28. The second kappa shape index (κ2) is 6.62. The Morgan fingerprint density at radius 3 is 2.81 bits per heavy atom. The van der Waals surface area contributed by atoms with Gasteiger partial charge in [0.15, 0.2) is 11.5 Å². The van der Waals surface area contributed by atoms with Crippen LogP contribution in [0.4, 0.5) is 0 Å². The maximum absolute atomic E-state index is 11.6. The molecule has 27 heavy (non-hydrogen) atoms. The number of carbonyl (C=O) groups excluding carboxylic acids is 1. The van der Waals surface area contributed by atoms with Crippen molar-refractivity contribution in [3.63, 3.8) is 0 Å². The van der Waals surface area contributed by atoms with Crippen LogP contribution in [0, 0.1) is 0 Å². The third-order valence-electron chi connectivity index (χ3n) is 4.18. The van der Waals surface area contributed by atoms with Crippen LogP contribution in [0.5, 0.6) is 17.2 Å². The number of methoxy groups -OCH3 is 1. The first-order valence-corrected chi connectivity index (χ1v) is 9.31. The molecular formula is C19H17N2O5S-. The maximum Gasteiger partial charge on any atom is 0.164 e. The quantitative estimate of drug-likeness (QED) is 0.671. The Balaban J connectivity index is 1.97. The molecule has 140 valence electrons. The summed E-state index contributed by atoms with van der Waals surface area (Å²) < 4.78 is 18.7. The van der Waals surface area contributed by atoms with Crippen molar-refractivity contribution < 1.29 is 24.1 Å². The number of hydrogen-bond donors (Lipinski definition) is 0. The number of carbonyl (C=O) groups is 1. The molecule has 1 aromatic carbocycles. The number of thiophene rings is 1. The zero-order chi connectivity index (χ0) is 19.1. The van der Waals surface area contributed by atoms with Crippen LogP contribution < -0.4 is 19.3 Å². The van der Waals surface area contributed by atoms with E-state index >= 15 is 0 Å². The van der Waals surface area contributed by atoms with Gasteiger partial charge in [-0.25, -0.2) is 4.68 Å². The monoisotopic (exact) mass is 385 g/mol. The molecule has 0 saturated heterocycles. The molecule has 3 heterocycles. The zero-order valence-electron chi connectivity index (χ0n) is 15.0. The minimum atomic E-state index is -1.33. The van der Waals surface area contributed by atoms with Crippen molar-refractivity contribution in [1.82, 2.24) is 9.78 Å². The van der Waals surface area contributed by atoms with E-state index in [1.165, 1.54) is 11.3 Å². The Hall–Kier alpha value is -3.00. The van der Waals surface area contributed by atoms with Crippen LogP contribution in [0.2, 0.25) is 0 Å². The lowest BCUT2D eigenvalue weighted by molar-refractivity contribution is -0.255. The number of aromatic carboxylic acids is 1. The van der Waals surface area contributed by atoms with E-state index in [1.54, 1.807) is 23.9 Å². The SMILES string of the molecule is COc1cc2c(cc1OC(C)C)-c1c(c(C(=O)[O-])nn1-c1ccsc1)CO2. The Bertz CT molecular complexity index is 1010. The molecule has 1 aliphatic heterocycles. The summed E-state index contributed by atoms with van der Waals surface area (Å²) >= 11 is 1.50. The highest BCUT2D eigenvalue weighted by molar-refractivity contribution is 7.08. The van der Waals surface area contributed by atoms with Crippen molar-refractivity contribution in [2.24, 2.45) is 0 Å². The van der Waals surface area contributed by atoms with Crippen LogP contribution in [-0.2, 0) is 6.61 Å². The number of ether oxygens (including phenoxy) is 3. The van der Waals surface area contributed by atoms with Crippen LogP contribution in [0.25, 0.3) is 16.9 Å². The molecule has 0 unspecified atom stereocenters. The van der Waals surface area contributed by atoms with Gasteiger partial charge >= 0.3 is 0 Å². The van der Waals surface area contributed by atoms with E-state index in [0.717, 1.165) is 5.69 Å². The smallest absolute Gasteiger partial charge is 0.164 e. The zero-order valence-corrected chi connectivity index (χ0v) is 15.8. The molecule has 0 amide bonds. The molecule has 0 atom stereocenters. The number of rotatable bonds is 5. The molecular weight excluding hydrogens is 368 g/mol. The summed E-state index contributed by atoms with van der Waals surface area (Å²) in [5.41, 5.74) is 2.49. The summed E-state index contributed by atoms with van der Waals surface area (Å²) in [5.74, 6) is 0.347. The number of hydrogen-bond acceptors (Lipinski definition) is 7. The number of fused-ring (bicyclic) bond motifs is 3. The van der Waals surface area contributed by atoms with Gasteiger partial charge in [0.2, 0.25) is 0 Å². The maximum atomic E-state index is 11.6.